The van der Waals surface area contributed by atoms with Gasteiger partial charge in [0.25, 0.3) is 0 Å². The van der Waals surface area contributed by atoms with Gasteiger partial charge in [0.2, 0.25) is 0 Å². The van der Waals surface area contributed by atoms with Crippen molar-refractivity contribution in [3.05, 3.63) is 41.2 Å². The molecule has 1 N–H and O–H groups in total. The van der Waals surface area contributed by atoms with E-state index in [-0.39, 0.29) is 22.7 Å². The molecule has 0 atom stereocenters. The maximum absolute atomic E-state index is 12.1. The number of aryl methyl sites for hydroxylation is 1. The first-order valence-corrected chi connectivity index (χ1v) is 6.20. The van der Waals surface area contributed by atoms with Crippen molar-refractivity contribution in [3.8, 4) is 11.4 Å². The van der Waals surface area contributed by atoms with Crippen molar-refractivity contribution >= 4 is 11.8 Å². The number of aromatic carboxylic acids is 1. The van der Waals surface area contributed by atoms with Crippen LogP contribution in [0.1, 0.15) is 33.5 Å². The number of nitrogens with zero attached hydrogens (tertiary/aromatic N) is 2. The quantitative estimate of drug-likeness (QED) is 0.859. The summed E-state index contributed by atoms with van der Waals surface area (Å²) in [6.07, 6.45) is 0. The summed E-state index contributed by atoms with van der Waals surface area (Å²) in [7, 11) is 0. The largest absolute Gasteiger partial charge is 0.478 e. The number of carboxylic acid groups (broad SMARTS) is 1. The number of hydrogen-bond acceptors (Lipinski definition) is 4. The van der Waals surface area contributed by atoms with E-state index in [1.54, 1.807) is 0 Å². The minimum Gasteiger partial charge on any atom is -0.478 e. The van der Waals surface area contributed by atoms with Crippen LogP contribution in [0.2, 0.25) is 0 Å². The van der Waals surface area contributed by atoms with E-state index < -0.39 is 18.4 Å². The van der Waals surface area contributed by atoms with Gasteiger partial charge >= 0.3 is 12.6 Å². The minimum absolute atomic E-state index is 0.0505. The lowest BCUT2D eigenvalue weighted by molar-refractivity contribution is -0.0498. The van der Waals surface area contributed by atoms with Crippen molar-refractivity contribution in [1.82, 2.24) is 9.78 Å². The third kappa shape index (κ3) is 2.95. The van der Waals surface area contributed by atoms with Crippen LogP contribution in [0.3, 0.4) is 0 Å². The molecule has 2 rings (SSSR count). The normalized spacial score (nSPS) is 10.8. The van der Waals surface area contributed by atoms with E-state index in [1.807, 2.05) is 0 Å². The Morgan fingerprint density at radius 2 is 1.86 bits per heavy atom. The van der Waals surface area contributed by atoms with Crippen molar-refractivity contribution in [3.63, 3.8) is 0 Å². The Balaban J connectivity index is 2.51. The van der Waals surface area contributed by atoms with Crippen molar-refractivity contribution in [1.29, 1.82) is 0 Å². The molecule has 0 bridgehead atoms. The fourth-order valence-corrected chi connectivity index (χ4v) is 2.06. The van der Waals surface area contributed by atoms with Crippen LogP contribution in [-0.2, 0) is 0 Å². The number of ketones is 1. The molecule has 8 heteroatoms. The molecule has 0 saturated carbocycles. The zero-order valence-corrected chi connectivity index (χ0v) is 11.7. The van der Waals surface area contributed by atoms with E-state index in [2.05, 4.69) is 9.84 Å². The van der Waals surface area contributed by atoms with Crippen molar-refractivity contribution < 1.29 is 28.2 Å². The van der Waals surface area contributed by atoms with Gasteiger partial charge in [-0.15, -0.1) is 0 Å². The zero-order valence-electron chi connectivity index (χ0n) is 11.7. The standard InChI is InChI=1S/C14H12F2N2O4/c1-7-11(13(20)21)12(8(2)19)18(17-7)9-3-5-10(6-4-9)22-14(15)16/h3-6,14H,1-2H3,(H,20,21). The van der Waals surface area contributed by atoms with Gasteiger partial charge in [0.05, 0.1) is 11.4 Å². The molecule has 0 radical (unpaired) electrons. The first-order valence-electron chi connectivity index (χ1n) is 6.20. The predicted octanol–water partition coefficient (Wildman–Crippen LogP) is 2.68. The smallest absolute Gasteiger partial charge is 0.387 e. The molecule has 0 amide bonds. The molecule has 116 valence electrons. The Morgan fingerprint density at radius 1 is 1.27 bits per heavy atom. The lowest BCUT2D eigenvalue weighted by Gasteiger charge is -2.08. The number of Topliss-reactive ketones (excluding diaryl/α,β-unsaturated/α-hetero) is 1. The number of carbonyl (C=O) groups excluding carboxylic acids is 1. The molecular formula is C14H12F2N2O4. The van der Waals surface area contributed by atoms with Crippen LogP contribution in [-0.4, -0.2) is 33.3 Å². The summed E-state index contributed by atoms with van der Waals surface area (Å²) < 4.78 is 29.6. The number of hydrogen-bond donors (Lipinski definition) is 1. The first kappa shape index (κ1) is 15.6. The summed E-state index contributed by atoms with van der Waals surface area (Å²) in [6, 6.07) is 5.37. The van der Waals surface area contributed by atoms with Gasteiger partial charge in [0.15, 0.2) is 5.78 Å². The van der Waals surface area contributed by atoms with Gasteiger partial charge in [-0.1, -0.05) is 0 Å². The minimum atomic E-state index is -2.94. The van der Waals surface area contributed by atoms with E-state index in [4.69, 9.17) is 0 Å². The van der Waals surface area contributed by atoms with Crippen molar-refractivity contribution in [2.45, 2.75) is 20.5 Å². The molecule has 0 fully saturated rings. The Hall–Kier alpha value is -2.77. The number of ether oxygens (including phenoxy) is 1. The SMILES string of the molecule is CC(=O)c1c(C(=O)O)c(C)nn1-c1ccc(OC(F)F)cc1. The highest BCUT2D eigenvalue weighted by Crippen LogP contribution is 2.22. The van der Waals surface area contributed by atoms with E-state index in [9.17, 15) is 23.5 Å². The number of benzene rings is 1. The summed E-state index contributed by atoms with van der Waals surface area (Å²) in [6.45, 7) is -0.238. The molecule has 6 nitrogen and oxygen atoms in total. The molecule has 0 unspecified atom stereocenters. The third-order valence-electron chi connectivity index (χ3n) is 2.91. The van der Waals surface area contributed by atoms with Gasteiger partial charge in [-0.3, -0.25) is 4.79 Å². The van der Waals surface area contributed by atoms with E-state index in [1.165, 1.54) is 42.8 Å². The van der Waals surface area contributed by atoms with Crippen LogP contribution in [0.4, 0.5) is 8.78 Å². The predicted molar refractivity (Wildman–Crippen MR) is 71.9 cm³/mol. The molecule has 0 saturated heterocycles. The van der Waals surface area contributed by atoms with Gasteiger partial charge in [-0.25, -0.2) is 9.48 Å². The molecule has 0 aliphatic heterocycles. The third-order valence-corrected chi connectivity index (χ3v) is 2.91. The fraction of sp³-hybridized carbons (Fsp3) is 0.214. The number of rotatable bonds is 5. The average Bonchev–Trinajstić information content (AvgIpc) is 2.76. The lowest BCUT2D eigenvalue weighted by Crippen LogP contribution is -2.11. The van der Waals surface area contributed by atoms with Gasteiger partial charge < -0.3 is 9.84 Å². The lowest BCUT2D eigenvalue weighted by atomic mass is 10.1. The van der Waals surface area contributed by atoms with Gasteiger partial charge in [0.1, 0.15) is 17.0 Å². The van der Waals surface area contributed by atoms with Gasteiger partial charge in [-0.05, 0) is 31.2 Å². The molecule has 1 aromatic heterocycles. The summed E-state index contributed by atoms with van der Waals surface area (Å²) in [5, 5.41) is 13.2. The number of aromatic nitrogens is 2. The summed E-state index contributed by atoms with van der Waals surface area (Å²) in [5.74, 6) is -1.78. The Labute approximate surface area is 123 Å². The van der Waals surface area contributed by atoms with Gasteiger partial charge in [0, 0.05) is 6.92 Å². The molecule has 0 spiro atoms. The van der Waals surface area contributed by atoms with Crippen LogP contribution in [0, 0.1) is 6.92 Å². The summed E-state index contributed by atoms with van der Waals surface area (Å²) in [5.41, 5.74) is 0.293. The number of alkyl halides is 2. The number of halogens is 2. The summed E-state index contributed by atoms with van der Waals surface area (Å²) >= 11 is 0. The zero-order chi connectivity index (χ0) is 16.4. The topological polar surface area (TPSA) is 81.4 Å². The first-order chi connectivity index (χ1) is 10.3. The molecule has 1 aromatic carbocycles. The molecule has 1 heterocycles. The second-order valence-electron chi connectivity index (χ2n) is 4.45. The Morgan fingerprint density at radius 3 is 2.32 bits per heavy atom. The van der Waals surface area contributed by atoms with E-state index in [0.29, 0.717) is 5.69 Å². The van der Waals surface area contributed by atoms with Crippen molar-refractivity contribution in [2.75, 3.05) is 0 Å². The average molecular weight is 310 g/mol. The second kappa shape index (κ2) is 5.92. The highest BCUT2D eigenvalue weighted by atomic mass is 19.3. The Kier molecular flexibility index (Phi) is 4.20. The van der Waals surface area contributed by atoms with E-state index in [0.717, 1.165) is 0 Å². The highest BCUT2D eigenvalue weighted by molar-refractivity contribution is 6.04. The fourth-order valence-electron chi connectivity index (χ4n) is 2.06. The number of carboxylic acids is 1. The molecule has 0 aliphatic rings. The van der Waals surface area contributed by atoms with Crippen LogP contribution in [0.15, 0.2) is 24.3 Å². The van der Waals surface area contributed by atoms with Crippen LogP contribution in [0.5, 0.6) is 5.75 Å². The Bertz CT molecular complexity index is 723. The molecule has 2 aromatic rings. The van der Waals surface area contributed by atoms with Crippen molar-refractivity contribution in [2.24, 2.45) is 0 Å². The maximum atomic E-state index is 12.1. The molecule has 0 aliphatic carbocycles. The highest BCUT2D eigenvalue weighted by Gasteiger charge is 2.24. The maximum Gasteiger partial charge on any atom is 0.387 e. The van der Waals surface area contributed by atoms with E-state index >= 15 is 0 Å². The van der Waals surface area contributed by atoms with Gasteiger partial charge in [-0.2, -0.15) is 13.9 Å². The second-order valence-corrected chi connectivity index (χ2v) is 4.45. The summed E-state index contributed by atoms with van der Waals surface area (Å²) in [4.78, 5) is 23.0. The monoisotopic (exact) mass is 310 g/mol. The molecule has 22 heavy (non-hydrogen) atoms. The van der Waals surface area contributed by atoms with Crippen LogP contribution < -0.4 is 4.74 Å². The molecular weight excluding hydrogens is 298 g/mol. The van der Waals surface area contributed by atoms with Crippen LogP contribution >= 0.6 is 0 Å². The van der Waals surface area contributed by atoms with Crippen LogP contribution in [0.25, 0.3) is 5.69 Å². The number of carbonyl (C=O) groups is 2.